The second-order valence-corrected chi connectivity index (χ2v) is 3.86. The van der Waals surface area contributed by atoms with Gasteiger partial charge in [-0.05, 0) is 24.1 Å². The predicted molar refractivity (Wildman–Crippen MR) is 50.4 cm³/mol. The number of halogens is 5. The molecular weight excluding hydrogens is 232 g/mol. The van der Waals surface area contributed by atoms with Gasteiger partial charge in [-0.1, -0.05) is 12.1 Å². The fourth-order valence-electron chi connectivity index (χ4n) is 1.20. The molecule has 1 aromatic rings. The van der Waals surface area contributed by atoms with E-state index in [1.165, 1.54) is 24.3 Å². The maximum Gasteiger partial charge on any atom is 0.390 e. The van der Waals surface area contributed by atoms with Gasteiger partial charge in [-0.2, -0.15) is 13.2 Å². The van der Waals surface area contributed by atoms with Crippen LogP contribution in [-0.4, -0.2) is 11.6 Å². The van der Waals surface area contributed by atoms with Gasteiger partial charge in [0.2, 0.25) is 0 Å². The van der Waals surface area contributed by atoms with Crippen LogP contribution in [0.1, 0.15) is 12.0 Å². The first-order valence-corrected chi connectivity index (χ1v) is 4.76. The van der Waals surface area contributed by atoms with E-state index in [9.17, 15) is 17.6 Å². The molecule has 0 amide bonds. The number of benzene rings is 1. The monoisotopic (exact) mass is 240 g/mol. The molecule has 1 rings (SSSR count). The standard InChI is InChI=1S/C10H9ClF4/c11-8(6-10(13,14)15)5-7-1-3-9(12)4-2-7/h1-4,8H,5-6H2. The fraction of sp³-hybridized carbons (Fsp3) is 0.400. The predicted octanol–water partition coefficient (Wildman–Crippen LogP) is 3.93. The number of hydrogen-bond acceptors (Lipinski definition) is 0. The summed E-state index contributed by atoms with van der Waals surface area (Å²) in [5, 5.41) is -1.00. The molecule has 0 bridgehead atoms. The Bertz CT molecular complexity index is 304. The van der Waals surface area contributed by atoms with Crippen molar-refractivity contribution in [2.45, 2.75) is 24.4 Å². The van der Waals surface area contributed by atoms with Crippen LogP contribution in [0.5, 0.6) is 0 Å². The number of alkyl halides is 4. The highest BCUT2D eigenvalue weighted by molar-refractivity contribution is 6.20. The lowest BCUT2D eigenvalue weighted by Gasteiger charge is -2.11. The Morgan fingerprint density at radius 2 is 1.67 bits per heavy atom. The van der Waals surface area contributed by atoms with Gasteiger partial charge in [0.05, 0.1) is 6.42 Å². The molecule has 1 aromatic carbocycles. The van der Waals surface area contributed by atoms with Gasteiger partial charge < -0.3 is 0 Å². The van der Waals surface area contributed by atoms with Crippen molar-refractivity contribution in [1.29, 1.82) is 0 Å². The van der Waals surface area contributed by atoms with Gasteiger partial charge in [-0.25, -0.2) is 4.39 Å². The Morgan fingerprint density at radius 3 is 2.13 bits per heavy atom. The first-order valence-electron chi connectivity index (χ1n) is 4.32. The van der Waals surface area contributed by atoms with Gasteiger partial charge in [-0.3, -0.25) is 0 Å². The number of rotatable bonds is 3. The summed E-state index contributed by atoms with van der Waals surface area (Å²) in [6.07, 6.45) is -5.21. The molecule has 1 unspecified atom stereocenters. The van der Waals surface area contributed by atoms with E-state index in [1.54, 1.807) is 0 Å². The zero-order chi connectivity index (χ0) is 11.5. The maximum absolute atomic E-state index is 12.5. The largest absolute Gasteiger partial charge is 0.390 e. The van der Waals surface area contributed by atoms with Crippen LogP contribution < -0.4 is 0 Å². The molecule has 0 saturated carbocycles. The van der Waals surface area contributed by atoms with Crippen LogP contribution in [0.4, 0.5) is 17.6 Å². The van der Waals surface area contributed by atoms with Crippen molar-refractivity contribution in [3.8, 4) is 0 Å². The van der Waals surface area contributed by atoms with Crippen molar-refractivity contribution < 1.29 is 17.6 Å². The van der Waals surface area contributed by atoms with Crippen molar-refractivity contribution in [2.24, 2.45) is 0 Å². The molecule has 0 fully saturated rings. The topological polar surface area (TPSA) is 0 Å². The molecule has 0 aliphatic rings. The highest BCUT2D eigenvalue weighted by Gasteiger charge is 2.30. The van der Waals surface area contributed by atoms with Crippen LogP contribution in [0.2, 0.25) is 0 Å². The minimum Gasteiger partial charge on any atom is -0.207 e. The maximum atomic E-state index is 12.5. The summed E-state index contributed by atoms with van der Waals surface area (Å²) in [6.45, 7) is 0. The second kappa shape index (κ2) is 4.84. The van der Waals surface area contributed by atoms with E-state index < -0.39 is 23.8 Å². The molecule has 0 aliphatic heterocycles. The summed E-state index contributed by atoms with van der Waals surface area (Å²) in [7, 11) is 0. The minimum atomic E-state index is -4.26. The van der Waals surface area contributed by atoms with Crippen LogP contribution in [-0.2, 0) is 6.42 Å². The van der Waals surface area contributed by atoms with E-state index in [0.717, 1.165) is 0 Å². The van der Waals surface area contributed by atoms with Crippen LogP contribution in [0.3, 0.4) is 0 Å². The summed E-state index contributed by atoms with van der Waals surface area (Å²) in [4.78, 5) is 0. The summed E-state index contributed by atoms with van der Waals surface area (Å²) in [5.41, 5.74) is 0.598. The normalized spacial score (nSPS) is 13.9. The van der Waals surface area contributed by atoms with E-state index in [-0.39, 0.29) is 6.42 Å². The zero-order valence-electron chi connectivity index (χ0n) is 7.69. The molecule has 0 saturated heterocycles. The molecule has 1 atom stereocenters. The van der Waals surface area contributed by atoms with Gasteiger partial charge in [-0.15, -0.1) is 11.6 Å². The lowest BCUT2D eigenvalue weighted by Crippen LogP contribution is -2.17. The number of hydrogen-bond donors (Lipinski definition) is 0. The second-order valence-electron chi connectivity index (χ2n) is 3.25. The van der Waals surface area contributed by atoms with E-state index in [1.807, 2.05) is 0 Å². The molecule has 0 heterocycles. The molecule has 0 aromatic heterocycles. The summed E-state index contributed by atoms with van der Waals surface area (Å²) in [6, 6.07) is 5.27. The summed E-state index contributed by atoms with van der Waals surface area (Å²) >= 11 is 5.53. The summed E-state index contributed by atoms with van der Waals surface area (Å²) in [5.74, 6) is -0.416. The SMILES string of the molecule is Fc1ccc(CC(Cl)CC(F)(F)F)cc1. The minimum absolute atomic E-state index is 0.0847. The van der Waals surface area contributed by atoms with Gasteiger partial charge in [0.15, 0.2) is 0 Å². The summed E-state index contributed by atoms with van der Waals surface area (Å²) < 4.78 is 48.3. The lowest BCUT2D eigenvalue weighted by molar-refractivity contribution is -0.134. The molecule has 0 N–H and O–H groups in total. The fourth-order valence-corrected chi connectivity index (χ4v) is 1.55. The molecule has 5 heteroatoms. The van der Waals surface area contributed by atoms with Crippen molar-refractivity contribution in [3.05, 3.63) is 35.6 Å². The third kappa shape index (κ3) is 5.02. The lowest BCUT2D eigenvalue weighted by atomic mass is 10.1. The molecule has 0 spiro atoms. The van der Waals surface area contributed by atoms with E-state index in [2.05, 4.69) is 0 Å². The Balaban J connectivity index is 2.51. The Kier molecular flexibility index (Phi) is 3.97. The van der Waals surface area contributed by atoms with E-state index in [4.69, 9.17) is 11.6 Å². The van der Waals surface area contributed by atoms with Crippen LogP contribution >= 0.6 is 11.6 Å². The van der Waals surface area contributed by atoms with Crippen molar-refractivity contribution >= 4 is 11.6 Å². The first-order chi connectivity index (χ1) is 6.87. The Morgan fingerprint density at radius 1 is 1.13 bits per heavy atom. The van der Waals surface area contributed by atoms with Gasteiger partial charge in [0.25, 0.3) is 0 Å². The highest BCUT2D eigenvalue weighted by atomic mass is 35.5. The van der Waals surface area contributed by atoms with Crippen molar-refractivity contribution in [1.82, 2.24) is 0 Å². The van der Waals surface area contributed by atoms with Gasteiger partial charge >= 0.3 is 6.18 Å². The van der Waals surface area contributed by atoms with E-state index >= 15 is 0 Å². The third-order valence-electron chi connectivity index (χ3n) is 1.82. The van der Waals surface area contributed by atoms with E-state index in [0.29, 0.717) is 5.56 Å². The van der Waals surface area contributed by atoms with Gasteiger partial charge in [0.1, 0.15) is 5.82 Å². The molecule has 0 radical (unpaired) electrons. The Labute approximate surface area is 89.9 Å². The van der Waals surface area contributed by atoms with Crippen molar-refractivity contribution in [3.63, 3.8) is 0 Å². The highest BCUT2D eigenvalue weighted by Crippen LogP contribution is 2.26. The molecule has 15 heavy (non-hydrogen) atoms. The average molecular weight is 241 g/mol. The molecular formula is C10H9ClF4. The van der Waals surface area contributed by atoms with Crippen LogP contribution in [0.25, 0.3) is 0 Å². The smallest absolute Gasteiger partial charge is 0.207 e. The van der Waals surface area contributed by atoms with Gasteiger partial charge in [0, 0.05) is 5.38 Å². The average Bonchev–Trinajstić information content (AvgIpc) is 2.05. The molecule has 0 aliphatic carbocycles. The first kappa shape index (κ1) is 12.3. The Hall–Kier alpha value is -0.770. The molecule has 0 nitrogen and oxygen atoms in total. The zero-order valence-corrected chi connectivity index (χ0v) is 8.45. The quantitative estimate of drug-likeness (QED) is 0.555. The van der Waals surface area contributed by atoms with Crippen LogP contribution in [0.15, 0.2) is 24.3 Å². The third-order valence-corrected chi connectivity index (χ3v) is 2.13. The molecule has 84 valence electrons. The van der Waals surface area contributed by atoms with Crippen molar-refractivity contribution in [2.75, 3.05) is 0 Å². The van der Waals surface area contributed by atoms with Crippen LogP contribution in [0, 0.1) is 5.82 Å².